The molecule has 1 rings (SSSR count). The fourth-order valence-corrected chi connectivity index (χ4v) is 0.994. The van der Waals surface area contributed by atoms with Crippen LogP contribution in [-0.4, -0.2) is 21.0 Å². The average molecular weight is 167 g/mol. The zero-order chi connectivity index (χ0) is 8.81. The zero-order valence-electron chi connectivity index (χ0n) is 7.21. The molecule has 0 aliphatic carbocycles. The zero-order valence-corrected chi connectivity index (χ0v) is 7.21. The summed E-state index contributed by atoms with van der Waals surface area (Å²) in [6, 6.07) is 0. The van der Waals surface area contributed by atoms with Crippen molar-refractivity contribution in [2.24, 2.45) is 0 Å². The molecule has 4 nitrogen and oxygen atoms in total. The van der Waals surface area contributed by atoms with Gasteiger partial charge in [0, 0.05) is 6.42 Å². The smallest absolute Gasteiger partial charge is 0.199 e. The predicted octanol–water partition coefficient (Wildman–Crippen LogP) is 1.57. The van der Waals surface area contributed by atoms with Gasteiger partial charge in [-0.15, -0.1) is 0 Å². The van der Waals surface area contributed by atoms with Crippen molar-refractivity contribution < 1.29 is 4.79 Å². The number of aromatic amines is 1. The summed E-state index contributed by atoms with van der Waals surface area (Å²) < 4.78 is 0. The van der Waals surface area contributed by atoms with Crippen molar-refractivity contribution in [2.45, 2.75) is 32.6 Å². The van der Waals surface area contributed by atoms with Crippen LogP contribution in [0.3, 0.4) is 0 Å². The maximum absolute atomic E-state index is 11.2. The highest BCUT2D eigenvalue weighted by Gasteiger charge is 2.06. The van der Waals surface area contributed by atoms with Crippen molar-refractivity contribution in [3.8, 4) is 0 Å². The van der Waals surface area contributed by atoms with Crippen LogP contribution >= 0.6 is 0 Å². The number of carbonyl (C=O) groups excluding carboxylic acids is 1. The summed E-state index contributed by atoms with van der Waals surface area (Å²) in [5.41, 5.74) is 0. The minimum Gasteiger partial charge on any atom is -0.291 e. The SMILES string of the molecule is CCCCCC(=O)c1ncn[nH]1. The lowest BCUT2D eigenvalue weighted by Crippen LogP contribution is -2.01. The molecule has 66 valence electrons. The largest absolute Gasteiger partial charge is 0.291 e. The van der Waals surface area contributed by atoms with Crippen LogP contribution in [0.2, 0.25) is 0 Å². The number of nitrogens with one attached hydrogen (secondary N) is 1. The first kappa shape index (κ1) is 8.90. The summed E-state index contributed by atoms with van der Waals surface area (Å²) in [5.74, 6) is 0.437. The number of aromatic nitrogens is 3. The Balaban J connectivity index is 2.30. The molecule has 12 heavy (non-hydrogen) atoms. The van der Waals surface area contributed by atoms with Gasteiger partial charge in [0.25, 0.3) is 0 Å². The Morgan fingerprint density at radius 3 is 3.00 bits per heavy atom. The Hall–Kier alpha value is -1.19. The second-order valence-electron chi connectivity index (χ2n) is 2.71. The number of hydrogen-bond donors (Lipinski definition) is 1. The fraction of sp³-hybridized carbons (Fsp3) is 0.625. The molecule has 4 heteroatoms. The number of rotatable bonds is 5. The number of nitrogens with zero attached hydrogens (tertiary/aromatic N) is 2. The Morgan fingerprint density at radius 1 is 1.58 bits per heavy atom. The van der Waals surface area contributed by atoms with E-state index in [-0.39, 0.29) is 5.78 Å². The molecule has 0 aliphatic heterocycles. The van der Waals surface area contributed by atoms with Gasteiger partial charge in [0.05, 0.1) is 0 Å². The van der Waals surface area contributed by atoms with Gasteiger partial charge in [-0.3, -0.25) is 9.89 Å². The van der Waals surface area contributed by atoms with Gasteiger partial charge in [-0.2, -0.15) is 5.10 Å². The highest BCUT2D eigenvalue weighted by atomic mass is 16.1. The van der Waals surface area contributed by atoms with Crippen LogP contribution in [-0.2, 0) is 0 Å². The lowest BCUT2D eigenvalue weighted by molar-refractivity contribution is 0.0969. The summed E-state index contributed by atoms with van der Waals surface area (Å²) in [4.78, 5) is 15.0. The Bertz CT molecular complexity index is 230. The summed E-state index contributed by atoms with van der Waals surface area (Å²) in [6.07, 6.45) is 5.09. The Kier molecular flexibility index (Phi) is 3.44. The molecule has 0 fully saturated rings. The molecule has 0 spiro atoms. The second-order valence-corrected chi connectivity index (χ2v) is 2.71. The lowest BCUT2D eigenvalue weighted by atomic mass is 10.1. The topological polar surface area (TPSA) is 58.6 Å². The van der Waals surface area contributed by atoms with Crippen LogP contribution in [0.4, 0.5) is 0 Å². The van der Waals surface area contributed by atoms with Crippen molar-refractivity contribution >= 4 is 5.78 Å². The first-order valence-electron chi connectivity index (χ1n) is 4.23. The van der Waals surface area contributed by atoms with E-state index in [1.54, 1.807) is 0 Å². The number of H-pyrrole nitrogens is 1. The molecule has 0 unspecified atom stereocenters. The summed E-state index contributed by atoms with van der Waals surface area (Å²) >= 11 is 0. The Labute approximate surface area is 71.4 Å². The van der Waals surface area contributed by atoms with E-state index in [9.17, 15) is 4.79 Å². The van der Waals surface area contributed by atoms with Crippen LogP contribution < -0.4 is 0 Å². The van der Waals surface area contributed by atoms with E-state index in [0.717, 1.165) is 19.3 Å². The fourth-order valence-electron chi connectivity index (χ4n) is 0.994. The summed E-state index contributed by atoms with van der Waals surface area (Å²) in [7, 11) is 0. The number of ketones is 1. The third kappa shape index (κ3) is 2.45. The molecule has 1 aromatic rings. The molecular formula is C8H13N3O. The monoisotopic (exact) mass is 167 g/mol. The van der Waals surface area contributed by atoms with Gasteiger partial charge < -0.3 is 0 Å². The van der Waals surface area contributed by atoms with E-state index in [4.69, 9.17) is 0 Å². The van der Waals surface area contributed by atoms with Crippen LogP contribution in [0.1, 0.15) is 43.2 Å². The maximum Gasteiger partial charge on any atom is 0.199 e. The van der Waals surface area contributed by atoms with Crippen molar-refractivity contribution in [3.05, 3.63) is 12.2 Å². The van der Waals surface area contributed by atoms with E-state index in [1.165, 1.54) is 6.33 Å². The molecule has 1 heterocycles. The van der Waals surface area contributed by atoms with E-state index >= 15 is 0 Å². The standard InChI is InChI=1S/C8H13N3O/c1-2-3-4-5-7(12)8-9-6-10-11-8/h6H,2-5H2,1H3,(H,9,10,11). The summed E-state index contributed by atoms with van der Waals surface area (Å²) in [6.45, 7) is 2.11. The first-order chi connectivity index (χ1) is 5.84. The quantitative estimate of drug-likeness (QED) is 0.535. The number of carbonyl (C=O) groups is 1. The van der Waals surface area contributed by atoms with Gasteiger partial charge in [0.1, 0.15) is 6.33 Å². The molecule has 1 N–H and O–H groups in total. The number of Topliss-reactive ketones (excluding diaryl/α,β-unsaturated/α-hetero) is 1. The predicted molar refractivity (Wildman–Crippen MR) is 44.9 cm³/mol. The highest BCUT2D eigenvalue weighted by molar-refractivity contribution is 5.92. The van der Waals surface area contributed by atoms with Gasteiger partial charge in [0.15, 0.2) is 11.6 Å². The minimum absolute atomic E-state index is 0.0564. The van der Waals surface area contributed by atoms with E-state index in [0.29, 0.717) is 12.2 Å². The molecule has 1 aromatic heterocycles. The van der Waals surface area contributed by atoms with Crippen LogP contribution in [0, 0.1) is 0 Å². The summed E-state index contributed by atoms with van der Waals surface area (Å²) in [5, 5.41) is 6.17. The van der Waals surface area contributed by atoms with E-state index in [1.807, 2.05) is 0 Å². The normalized spacial score (nSPS) is 10.1. The molecule has 0 amide bonds. The molecule has 0 atom stereocenters. The van der Waals surface area contributed by atoms with Crippen LogP contribution in [0.15, 0.2) is 6.33 Å². The minimum atomic E-state index is 0.0564. The van der Waals surface area contributed by atoms with Crippen molar-refractivity contribution in [1.29, 1.82) is 0 Å². The molecule has 0 saturated carbocycles. The molecule has 0 saturated heterocycles. The van der Waals surface area contributed by atoms with E-state index in [2.05, 4.69) is 22.1 Å². The number of unbranched alkanes of at least 4 members (excludes halogenated alkanes) is 2. The molecular weight excluding hydrogens is 154 g/mol. The van der Waals surface area contributed by atoms with Gasteiger partial charge in [0.2, 0.25) is 0 Å². The maximum atomic E-state index is 11.2. The van der Waals surface area contributed by atoms with Crippen LogP contribution in [0.25, 0.3) is 0 Å². The lowest BCUT2D eigenvalue weighted by Gasteiger charge is -1.94. The third-order valence-electron chi connectivity index (χ3n) is 1.69. The van der Waals surface area contributed by atoms with Crippen molar-refractivity contribution in [1.82, 2.24) is 15.2 Å². The van der Waals surface area contributed by atoms with Gasteiger partial charge in [-0.25, -0.2) is 4.98 Å². The van der Waals surface area contributed by atoms with Crippen molar-refractivity contribution in [2.75, 3.05) is 0 Å². The highest BCUT2D eigenvalue weighted by Crippen LogP contribution is 2.02. The van der Waals surface area contributed by atoms with Crippen LogP contribution in [0.5, 0.6) is 0 Å². The van der Waals surface area contributed by atoms with Gasteiger partial charge >= 0.3 is 0 Å². The third-order valence-corrected chi connectivity index (χ3v) is 1.69. The second kappa shape index (κ2) is 4.64. The van der Waals surface area contributed by atoms with E-state index < -0.39 is 0 Å². The van der Waals surface area contributed by atoms with Gasteiger partial charge in [-0.05, 0) is 6.42 Å². The molecule has 0 bridgehead atoms. The van der Waals surface area contributed by atoms with Gasteiger partial charge in [-0.1, -0.05) is 19.8 Å². The molecule has 0 aliphatic rings. The van der Waals surface area contributed by atoms with Crippen molar-refractivity contribution in [3.63, 3.8) is 0 Å². The average Bonchev–Trinajstić information content (AvgIpc) is 2.56. The number of hydrogen-bond acceptors (Lipinski definition) is 3. The molecule has 0 radical (unpaired) electrons. The first-order valence-corrected chi connectivity index (χ1v) is 4.23. The Morgan fingerprint density at radius 2 is 2.42 bits per heavy atom. The molecule has 0 aromatic carbocycles.